The lowest BCUT2D eigenvalue weighted by Crippen LogP contribution is -2.37. The van der Waals surface area contributed by atoms with Crippen LogP contribution >= 0.6 is 11.8 Å². The van der Waals surface area contributed by atoms with Crippen molar-refractivity contribution in [3.63, 3.8) is 0 Å². The molecule has 0 aromatic rings. The Kier molecular flexibility index (Phi) is 5.88. The van der Waals surface area contributed by atoms with Gasteiger partial charge >= 0.3 is 0 Å². The topological polar surface area (TPSA) is 12.0 Å². The Morgan fingerprint density at radius 3 is 2.77 bits per heavy atom. The van der Waals surface area contributed by atoms with Crippen molar-refractivity contribution in [2.45, 2.75) is 45.1 Å². The van der Waals surface area contributed by atoms with E-state index in [2.05, 4.69) is 18.5 Å². The first kappa shape index (κ1) is 11.4. The number of hydrogen-bond acceptors (Lipinski definition) is 2. The summed E-state index contributed by atoms with van der Waals surface area (Å²) in [7, 11) is 0. The van der Waals surface area contributed by atoms with Crippen LogP contribution < -0.4 is 5.32 Å². The van der Waals surface area contributed by atoms with Gasteiger partial charge in [-0.25, -0.2) is 0 Å². The van der Waals surface area contributed by atoms with E-state index in [1.807, 2.05) is 11.8 Å². The van der Waals surface area contributed by atoms with Crippen LogP contribution in [-0.4, -0.2) is 24.6 Å². The Labute approximate surface area is 87.1 Å². The number of hydrogen-bond donors (Lipinski definition) is 1. The molecule has 0 spiro atoms. The highest BCUT2D eigenvalue weighted by Crippen LogP contribution is 2.18. The van der Waals surface area contributed by atoms with Gasteiger partial charge < -0.3 is 5.32 Å². The van der Waals surface area contributed by atoms with Gasteiger partial charge in [0.15, 0.2) is 0 Å². The molecular formula is C11H23NS. The zero-order valence-corrected chi connectivity index (χ0v) is 9.83. The molecule has 1 nitrogen and oxygen atoms in total. The maximum atomic E-state index is 3.64. The molecule has 1 unspecified atom stereocenters. The quantitative estimate of drug-likeness (QED) is 0.636. The fourth-order valence-corrected chi connectivity index (χ4v) is 2.11. The summed E-state index contributed by atoms with van der Waals surface area (Å²) in [4.78, 5) is 0. The van der Waals surface area contributed by atoms with Gasteiger partial charge in [0.25, 0.3) is 0 Å². The van der Waals surface area contributed by atoms with Crippen molar-refractivity contribution in [1.29, 1.82) is 0 Å². The van der Waals surface area contributed by atoms with E-state index in [9.17, 15) is 0 Å². The Hall–Kier alpha value is 0.310. The third-order valence-electron chi connectivity index (χ3n) is 2.91. The second-order valence-corrected chi connectivity index (χ2v) is 5.26. The Balaban J connectivity index is 1.87. The first-order chi connectivity index (χ1) is 6.33. The maximum Gasteiger partial charge on any atom is 0.00671 e. The second-order valence-electron chi connectivity index (χ2n) is 4.28. The van der Waals surface area contributed by atoms with Crippen molar-refractivity contribution in [3.8, 4) is 0 Å². The highest BCUT2D eigenvalue weighted by molar-refractivity contribution is 7.98. The van der Waals surface area contributed by atoms with E-state index in [4.69, 9.17) is 0 Å². The summed E-state index contributed by atoms with van der Waals surface area (Å²) in [6, 6.07) is 0.864. The predicted octanol–water partition coefficient (Wildman–Crippen LogP) is 2.91. The van der Waals surface area contributed by atoms with Crippen molar-refractivity contribution in [2.75, 3.05) is 18.6 Å². The summed E-state index contributed by atoms with van der Waals surface area (Å²) < 4.78 is 0. The molecule has 78 valence electrons. The third kappa shape index (κ3) is 4.92. The van der Waals surface area contributed by atoms with Crippen molar-refractivity contribution < 1.29 is 0 Å². The molecule has 0 aromatic carbocycles. The second kappa shape index (κ2) is 6.72. The Bertz CT molecular complexity index is 123. The molecule has 1 rings (SSSR count). The summed E-state index contributed by atoms with van der Waals surface area (Å²) in [6.07, 6.45) is 9.24. The van der Waals surface area contributed by atoms with Crippen molar-refractivity contribution in [2.24, 2.45) is 5.92 Å². The molecule has 2 heteroatoms. The van der Waals surface area contributed by atoms with Gasteiger partial charge in [-0.1, -0.05) is 13.3 Å². The molecule has 1 aliphatic rings. The molecule has 1 fully saturated rings. The van der Waals surface area contributed by atoms with Crippen LogP contribution in [0, 0.1) is 5.92 Å². The molecular weight excluding hydrogens is 178 g/mol. The molecule has 13 heavy (non-hydrogen) atoms. The summed E-state index contributed by atoms with van der Waals surface area (Å²) in [5.74, 6) is 2.20. The lowest BCUT2D eigenvalue weighted by atomic mass is 9.92. The Morgan fingerprint density at radius 2 is 2.23 bits per heavy atom. The fraction of sp³-hybridized carbons (Fsp3) is 1.00. The van der Waals surface area contributed by atoms with Gasteiger partial charge in [0, 0.05) is 6.04 Å². The minimum atomic E-state index is 0.864. The highest BCUT2D eigenvalue weighted by atomic mass is 32.2. The van der Waals surface area contributed by atoms with Crippen molar-refractivity contribution in [3.05, 3.63) is 0 Å². The molecule has 1 atom stereocenters. The van der Waals surface area contributed by atoms with Crippen LogP contribution in [0.25, 0.3) is 0 Å². The minimum absolute atomic E-state index is 0.864. The molecule has 1 N–H and O–H groups in total. The number of rotatable bonds is 7. The third-order valence-corrected chi connectivity index (χ3v) is 3.60. The lowest BCUT2D eigenvalue weighted by molar-refractivity contribution is 0.316. The van der Waals surface area contributed by atoms with E-state index in [0.717, 1.165) is 12.0 Å². The number of nitrogens with one attached hydrogen (secondary N) is 1. The first-order valence-electron chi connectivity index (χ1n) is 5.55. The van der Waals surface area contributed by atoms with Crippen LogP contribution in [0.4, 0.5) is 0 Å². The van der Waals surface area contributed by atoms with Gasteiger partial charge in [-0.15, -0.1) is 0 Å². The van der Waals surface area contributed by atoms with Crippen molar-refractivity contribution >= 4 is 11.8 Å². The highest BCUT2D eigenvalue weighted by Gasteiger charge is 2.16. The molecule has 0 heterocycles. The average Bonchev–Trinajstić information content (AvgIpc) is 2.02. The summed E-state index contributed by atoms with van der Waals surface area (Å²) in [5, 5.41) is 3.64. The predicted molar refractivity (Wildman–Crippen MR) is 62.4 cm³/mol. The zero-order chi connectivity index (χ0) is 9.52. The molecule has 0 aromatic heterocycles. The van der Waals surface area contributed by atoms with Crippen LogP contribution in [0.5, 0.6) is 0 Å². The van der Waals surface area contributed by atoms with E-state index >= 15 is 0 Å². The van der Waals surface area contributed by atoms with Gasteiger partial charge in [0.2, 0.25) is 0 Å². The van der Waals surface area contributed by atoms with Crippen LogP contribution in [0.1, 0.15) is 39.0 Å². The van der Waals surface area contributed by atoms with Gasteiger partial charge in [-0.05, 0) is 50.2 Å². The molecule has 1 saturated carbocycles. The van der Waals surface area contributed by atoms with Crippen molar-refractivity contribution in [1.82, 2.24) is 5.32 Å². The number of thioether (sulfide) groups is 1. The van der Waals surface area contributed by atoms with E-state index in [1.165, 1.54) is 44.4 Å². The molecule has 0 amide bonds. The fourth-order valence-electron chi connectivity index (χ4n) is 1.66. The maximum absolute atomic E-state index is 3.64. The minimum Gasteiger partial charge on any atom is -0.314 e. The van der Waals surface area contributed by atoms with E-state index in [0.29, 0.717) is 0 Å². The molecule has 0 radical (unpaired) electrons. The van der Waals surface area contributed by atoms with Gasteiger partial charge in [0.1, 0.15) is 0 Å². The largest absolute Gasteiger partial charge is 0.314 e. The van der Waals surface area contributed by atoms with Crippen LogP contribution in [0.15, 0.2) is 0 Å². The average molecular weight is 201 g/mol. The summed E-state index contributed by atoms with van der Waals surface area (Å²) in [5.41, 5.74) is 0. The van der Waals surface area contributed by atoms with Gasteiger partial charge in [0.05, 0.1) is 0 Å². The van der Waals surface area contributed by atoms with Crippen LogP contribution in [0.2, 0.25) is 0 Å². The van der Waals surface area contributed by atoms with Gasteiger partial charge in [-0.2, -0.15) is 11.8 Å². The summed E-state index contributed by atoms with van der Waals surface area (Å²) in [6.45, 7) is 3.60. The van der Waals surface area contributed by atoms with Crippen LogP contribution in [-0.2, 0) is 0 Å². The summed E-state index contributed by atoms with van der Waals surface area (Å²) >= 11 is 1.96. The normalized spacial score (nSPS) is 19.8. The zero-order valence-electron chi connectivity index (χ0n) is 9.01. The smallest absolute Gasteiger partial charge is 0.00671 e. The molecule has 0 saturated heterocycles. The molecule has 0 aliphatic heterocycles. The van der Waals surface area contributed by atoms with Gasteiger partial charge in [-0.3, -0.25) is 0 Å². The monoisotopic (exact) mass is 201 g/mol. The first-order valence-corrected chi connectivity index (χ1v) is 6.94. The van der Waals surface area contributed by atoms with Crippen LogP contribution in [0.3, 0.4) is 0 Å². The van der Waals surface area contributed by atoms with E-state index in [1.54, 1.807) is 0 Å². The SMILES string of the molecule is CSCCCC(C)CNC1CCC1. The van der Waals surface area contributed by atoms with E-state index < -0.39 is 0 Å². The van der Waals surface area contributed by atoms with E-state index in [-0.39, 0.29) is 0 Å². The molecule has 1 aliphatic carbocycles. The molecule has 0 bridgehead atoms. The lowest BCUT2D eigenvalue weighted by Gasteiger charge is -2.28. The Morgan fingerprint density at radius 1 is 1.46 bits per heavy atom. The standard InChI is InChI=1S/C11H23NS/c1-10(5-4-8-13-2)9-12-11-6-3-7-11/h10-12H,3-9H2,1-2H3.